The lowest BCUT2D eigenvalue weighted by Gasteiger charge is -2.19. The average molecular weight is 198 g/mol. The van der Waals surface area contributed by atoms with E-state index in [2.05, 4.69) is 5.43 Å². The molecule has 1 saturated carbocycles. The van der Waals surface area contributed by atoms with E-state index in [1.807, 2.05) is 0 Å². The Morgan fingerprint density at radius 1 is 1.36 bits per heavy atom. The van der Waals surface area contributed by atoms with Crippen LogP contribution >= 0.6 is 0 Å². The third-order valence-corrected chi connectivity index (χ3v) is 3.43. The molecule has 2 atom stereocenters. The Labute approximate surface area is 86.4 Å². The highest BCUT2D eigenvalue weighted by atomic mass is 16.5. The van der Waals surface area contributed by atoms with Crippen LogP contribution < -0.4 is 11.3 Å². The molecule has 0 aromatic carbocycles. The van der Waals surface area contributed by atoms with Crippen LogP contribution in [-0.4, -0.2) is 18.8 Å². The lowest BCUT2D eigenvalue weighted by Crippen LogP contribution is -2.37. The largest absolute Gasteiger partial charge is 0.378 e. The fourth-order valence-electron chi connectivity index (χ4n) is 2.26. The first-order chi connectivity index (χ1) is 6.88. The third-order valence-electron chi connectivity index (χ3n) is 3.43. The SMILES string of the molecule is NNC(CCC1CC1)CC1CCCO1. The molecule has 1 aliphatic carbocycles. The summed E-state index contributed by atoms with van der Waals surface area (Å²) >= 11 is 0. The lowest BCUT2D eigenvalue weighted by molar-refractivity contribution is 0.0932. The molecule has 2 rings (SSSR count). The van der Waals surface area contributed by atoms with Gasteiger partial charge in [-0.1, -0.05) is 12.8 Å². The molecule has 3 N–H and O–H groups in total. The van der Waals surface area contributed by atoms with E-state index in [0.717, 1.165) is 18.9 Å². The zero-order valence-electron chi connectivity index (χ0n) is 8.87. The predicted octanol–water partition coefficient (Wildman–Crippen LogP) is 1.58. The summed E-state index contributed by atoms with van der Waals surface area (Å²) < 4.78 is 5.61. The second kappa shape index (κ2) is 5.10. The summed E-state index contributed by atoms with van der Waals surface area (Å²) in [4.78, 5) is 0. The molecule has 0 bridgehead atoms. The highest BCUT2D eigenvalue weighted by Gasteiger charge is 2.24. The Kier molecular flexibility index (Phi) is 3.79. The Morgan fingerprint density at radius 2 is 2.21 bits per heavy atom. The van der Waals surface area contributed by atoms with Crippen molar-refractivity contribution in [3.8, 4) is 0 Å². The molecule has 3 heteroatoms. The highest BCUT2D eigenvalue weighted by molar-refractivity contribution is 4.78. The van der Waals surface area contributed by atoms with Crippen molar-refractivity contribution in [1.82, 2.24) is 5.43 Å². The molecule has 2 fully saturated rings. The normalized spacial score (nSPS) is 29.4. The Hall–Kier alpha value is -0.120. The lowest BCUT2D eigenvalue weighted by atomic mass is 10.0. The number of hydrazine groups is 1. The number of nitrogens with one attached hydrogen (secondary N) is 1. The average Bonchev–Trinajstić information content (AvgIpc) is 2.90. The quantitative estimate of drug-likeness (QED) is 0.503. The van der Waals surface area contributed by atoms with Crippen LogP contribution in [0.2, 0.25) is 0 Å². The third kappa shape index (κ3) is 3.23. The number of ether oxygens (including phenoxy) is 1. The van der Waals surface area contributed by atoms with Crippen LogP contribution in [-0.2, 0) is 4.74 Å². The molecule has 0 radical (unpaired) electrons. The molecule has 1 heterocycles. The topological polar surface area (TPSA) is 47.3 Å². The van der Waals surface area contributed by atoms with Gasteiger partial charge >= 0.3 is 0 Å². The predicted molar refractivity (Wildman–Crippen MR) is 56.7 cm³/mol. The molecule has 1 aliphatic heterocycles. The standard InChI is InChI=1S/C11H22N2O/c12-13-10(6-5-9-3-4-9)8-11-2-1-7-14-11/h9-11,13H,1-8,12H2. The smallest absolute Gasteiger partial charge is 0.0591 e. The van der Waals surface area contributed by atoms with Crippen LogP contribution in [0, 0.1) is 5.92 Å². The summed E-state index contributed by atoms with van der Waals surface area (Å²) in [6, 6.07) is 0.471. The second-order valence-electron chi connectivity index (χ2n) is 4.76. The minimum atomic E-state index is 0.468. The van der Waals surface area contributed by atoms with Gasteiger partial charge in [-0.25, -0.2) is 0 Å². The molecule has 2 unspecified atom stereocenters. The first kappa shape index (κ1) is 10.4. The van der Waals surface area contributed by atoms with E-state index in [4.69, 9.17) is 10.6 Å². The molecule has 2 aliphatic rings. The van der Waals surface area contributed by atoms with Crippen molar-refractivity contribution in [3.63, 3.8) is 0 Å². The van der Waals surface area contributed by atoms with E-state index in [9.17, 15) is 0 Å². The fraction of sp³-hybridized carbons (Fsp3) is 1.00. The maximum absolute atomic E-state index is 5.61. The van der Waals surface area contributed by atoms with Crippen LogP contribution in [0.1, 0.15) is 44.9 Å². The van der Waals surface area contributed by atoms with E-state index < -0.39 is 0 Å². The summed E-state index contributed by atoms with van der Waals surface area (Å²) in [5.41, 5.74) is 2.93. The minimum absolute atomic E-state index is 0.468. The van der Waals surface area contributed by atoms with Crippen LogP contribution in [0.5, 0.6) is 0 Å². The van der Waals surface area contributed by atoms with Crippen molar-refractivity contribution >= 4 is 0 Å². The van der Waals surface area contributed by atoms with E-state index >= 15 is 0 Å². The summed E-state index contributed by atoms with van der Waals surface area (Å²) in [5, 5.41) is 0. The molecule has 0 spiro atoms. The zero-order valence-corrected chi connectivity index (χ0v) is 8.87. The van der Waals surface area contributed by atoms with Crippen molar-refractivity contribution in [2.45, 2.75) is 57.1 Å². The molecule has 82 valence electrons. The molecule has 1 saturated heterocycles. The maximum atomic E-state index is 5.61. The van der Waals surface area contributed by atoms with Crippen molar-refractivity contribution in [3.05, 3.63) is 0 Å². The van der Waals surface area contributed by atoms with Gasteiger partial charge < -0.3 is 4.74 Å². The Balaban J connectivity index is 1.62. The van der Waals surface area contributed by atoms with Gasteiger partial charge in [-0.15, -0.1) is 0 Å². The number of nitrogens with two attached hydrogens (primary N) is 1. The van der Waals surface area contributed by atoms with Gasteiger partial charge in [0.05, 0.1) is 6.10 Å². The Morgan fingerprint density at radius 3 is 2.79 bits per heavy atom. The van der Waals surface area contributed by atoms with Gasteiger partial charge in [0.25, 0.3) is 0 Å². The van der Waals surface area contributed by atoms with Gasteiger partial charge in [-0.2, -0.15) is 0 Å². The number of hydrogen-bond donors (Lipinski definition) is 2. The van der Waals surface area contributed by atoms with Gasteiger partial charge in [0.2, 0.25) is 0 Å². The van der Waals surface area contributed by atoms with Gasteiger partial charge in [0.15, 0.2) is 0 Å². The van der Waals surface area contributed by atoms with Crippen molar-refractivity contribution in [2.24, 2.45) is 11.8 Å². The summed E-state index contributed by atoms with van der Waals surface area (Å²) in [6.07, 6.45) is 9.47. The van der Waals surface area contributed by atoms with Crippen molar-refractivity contribution in [1.29, 1.82) is 0 Å². The molecule has 0 amide bonds. The summed E-state index contributed by atoms with van der Waals surface area (Å²) in [7, 11) is 0. The Bertz CT molecular complexity index is 165. The zero-order chi connectivity index (χ0) is 9.80. The fourth-order valence-corrected chi connectivity index (χ4v) is 2.26. The maximum Gasteiger partial charge on any atom is 0.0591 e. The van der Waals surface area contributed by atoms with Crippen LogP contribution in [0.4, 0.5) is 0 Å². The number of rotatable bonds is 6. The summed E-state index contributed by atoms with van der Waals surface area (Å²) in [6.45, 7) is 0.949. The molecular formula is C11H22N2O. The van der Waals surface area contributed by atoms with Gasteiger partial charge in [-0.05, 0) is 38.0 Å². The molecule has 0 aromatic rings. The second-order valence-corrected chi connectivity index (χ2v) is 4.76. The van der Waals surface area contributed by atoms with Crippen LogP contribution in [0.3, 0.4) is 0 Å². The van der Waals surface area contributed by atoms with Crippen LogP contribution in [0.25, 0.3) is 0 Å². The monoisotopic (exact) mass is 198 g/mol. The van der Waals surface area contributed by atoms with E-state index in [0.29, 0.717) is 12.1 Å². The van der Waals surface area contributed by atoms with Gasteiger partial charge in [0.1, 0.15) is 0 Å². The van der Waals surface area contributed by atoms with Crippen molar-refractivity contribution < 1.29 is 4.74 Å². The summed E-state index contributed by atoms with van der Waals surface area (Å²) in [5.74, 6) is 6.56. The van der Waals surface area contributed by atoms with E-state index in [1.165, 1.54) is 38.5 Å². The minimum Gasteiger partial charge on any atom is -0.378 e. The molecule has 14 heavy (non-hydrogen) atoms. The molecule has 3 nitrogen and oxygen atoms in total. The first-order valence-corrected chi connectivity index (χ1v) is 5.96. The van der Waals surface area contributed by atoms with E-state index in [-0.39, 0.29) is 0 Å². The first-order valence-electron chi connectivity index (χ1n) is 5.96. The molecular weight excluding hydrogens is 176 g/mol. The highest BCUT2D eigenvalue weighted by Crippen LogP contribution is 2.34. The number of hydrogen-bond acceptors (Lipinski definition) is 3. The van der Waals surface area contributed by atoms with E-state index in [1.54, 1.807) is 0 Å². The van der Waals surface area contributed by atoms with Crippen molar-refractivity contribution in [2.75, 3.05) is 6.61 Å². The van der Waals surface area contributed by atoms with Gasteiger partial charge in [-0.3, -0.25) is 11.3 Å². The van der Waals surface area contributed by atoms with Crippen LogP contribution in [0.15, 0.2) is 0 Å². The molecule has 0 aromatic heterocycles. The van der Waals surface area contributed by atoms with Gasteiger partial charge in [0, 0.05) is 12.6 Å².